The number of carboxylic acid groups (broad SMARTS) is 1. The number of benzene rings is 3. The fraction of sp³-hybridized carbons (Fsp3) is 0.333. The van der Waals surface area contributed by atoms with E-state index >= 15 is 0 Å². The third-order valence-corrected chi connectivity index (χ3v) is 7.18. The number of aryl methyl sites for hydroxylation is 1. The Morgan fingerprint density at radius 1 is 1.05 bits per heavy atom. The Bertz CT molecular complexity index is 1450. The standard InChI is InChI=1S/C30H28F5NO4/c1-4-20(29(38)39)16(3)21-12-19(8-9-25(21)32)36-28(37)23-13-24(30(33,34)35)22(17-5-6-17)14-27(23)40-26-10-7-18(31)11-15(26)2/h7-14,16-17,20H,4-6H2,1-3H3,(H,36,37)(H,38,39). The molecule has 2 N–H and O–H groups in total. The highest BCUT2D eigenvalue weighted by atomic mass is 19.4. The Hall–Kier alpha value is -3.95. The number of rotatable bonds is 9. The summed E-state index contributed by atoms with van der Waals surface area (Å²) < 4.78 is 76.2. The molecule has 0 aromatic heterocycles. The number of nitrogens with one attached hydrogen (secondary N) is 1. The van der Waals surface area contributed by atoms with E-state index in [4.69, 9.17) is 4.74 Å². The van der Waals surface area contributed by atoms with Gasteiger partial charge in [-0.25, -0.2) is 8.78 Å². The largest absolute Gasteiger partial charge is 0.481 e. The Balaban J connectivity index is 1.75. The Labute approximate surface area is 228 Å². The third-order valence-electron chi connectivity index (χ3n) is 7.18. The fourth-order valence-corrected chi connectivity index (χ4v) is 4.81. The van der Waals surface area contributed by atoms with Gasteiger partial charge < -0.3 is 15.2 Å². The first kappa shape index (κ1) is 29.0. The van der Waals surface area contributed by atoms with Crippen LogP contribution in [0, 0.1) is 24.5 Å². The third kappa shape index (κ3) is 6.26. The lowest BCUT2D eigenvalue weighted by atomic mass is 9.85. The molecule has 1 amide bonds. The van der Waals surface area contributed by atoms with Crippen molar-refractivity contribution in [3.63, 3.8) is 0 Å². The summed E-state index contributed by atoms with van der Waals surface area (Å²) in [6, 6.07) is 9.17. The minimum absolute atomic E-state index is 0.0102. The van der Waals surface area contributed by atoms with E-state index in [0.717, 1.165) is 18.2 Å². The van der Waals surface area contributed by atoms with Crippen LogP contribution in [0.5, 0.6) is 11.5 Å². The van der Waals surface area contributed by atoms with Gasteiger partial charge in [0.25, 0.3) is 5.91 Å². The molecule has 4 rings (SSSR count). The van der Waals surface area contributed by atoms with Crippen LogP contribution in [0.2, 0.25) is 0 Å². The van der Waals surface area contributed by atoms with Crippen molar-refractivity contribution < 1.29 is 41.4 Å². The molecule has 0 heterocycles. The van der Waals surface area contributed by atoms with E-state index in [1.807, 2.05) is 0 Å². The van der Waals surface area contributed by atoms with Crippen molar-refractivity contribution in [2.24, 2.45) is 5.92 Å². The summed E-state index contributed by atoms with van der Waals surface area (Å²) in [5, 5.41) is 12.0. The number of carbonyl (C=O) groups excluding carboxylic acids is 1. The summed E-state index contributed by atoms with van der Waals surface area (Å²) in [6.45, 7) is 4.77. The second-order valence-electron chi connectivity index (χ2n) is 10.1. The minimum atomic E-state index is -4.73. The molecule has 212 valence electrons. The molecule has 1 saturated carbocycles. The fourth-order valence-electron chi connectivity index (χ4n) is 4.81. The summed E-state index contributed by atoms with van der Waals surface area (Å²) in [7, 11) is 0. The van der Waals surface area contributed by atoms with Gasteiger partial charge in [0.15, 0.2) is 0 Å². The summed E-state index contributed by atoms with van der Waals surface area (Å²) in [4.78, 5) is 25.0. The molecule has 1 aliphatic rings. The SMILES string of the molecule is CCC(C(=O)O)C(C)c1cc(NC(=O)c2cc(C(F)(F)F)c(C3CC3)cc2Oc2ccc(F)cc2C)ccc1F. The predicted molar refractivity (Wildman–Crippen MR) is 139 cm³/mol. The molecule has 5 nitrogen and oxygen atoms in total. The van der Waals surface area contributed by atoms with Gasteiger partial charge >= 0.3 is 12.1 Å². The van der Waals surface area contributed by atoms with Gasteiger partial charge in [0.2, 0.25) is 0 Å². The smallest absolute Gasteiger partial charge is 0.416 e. The van der Waals surface area contributed by atoms with Gasteiger partial charge in [-0.15, -0.1) is 0 Å². The monoisotopic (exact) mass is 561 g/mol. The molecule has 0 radical (unpaired) electrons. The first-order chi connectivity index (χ1) is 18.8. The second-order valence-corrected chi connectivity index (χ2v) is 10.1. The summed E-state index contributed by atoms with van der Waals surface area (Å²) in [6.07, 6.45) is -3.37. The van der Waals surface area contributed by atoms with Crippen LogP contribution in [0.1, 0.15) is 77.6 Å². The Morgan fingerprint density at radius 2 is 1.75 bits per heavy atom. The van der Waals surface area contributed by atoms with Crippen LogP contribution in [-0.2, 0) is 11.0 Å². The minimum Gasteiger partial charge on any atom is -0.481 e. The number of amides is 1. The molecule has 0 bridgehead atoms. The van der Waals surface area contributed by atoms with Gasteiger partial charge in [-0.1, -0.05) is 13.8 Å². The van der Waals surface area contributed by atoms with Gasteiger partial charge in [-0.05, 0) is 103 Å². The average molecular weight is 562 g/mol. The van der Waals surface area contributed by atoms with E-state index in [-0.39, 0.29) is 40.7 Å². The number of hydrogen-bond donors (Lipinski definition) is 2. The molecule has 3 aromatic rings. The van der Waals surface area contributed by atoms with Crippen molar-refractivity contribution in [2.45, 2.75) is 58.0 Å². The number of carboxylic acids is 1. The van der Waals surface area contributed by atoms with Crippen LogP contribution in [0.15, 0.2) is 48.5 Å². The first-order valence-electron chi connectivity index (χ1n) is 12.8. The van der Waals surface area contributed by atoms with Crippen molar-refractivity contribution in [2.75, 3.05) is 5.32 Å². The molecule has 40 heavy (non-hydrogen) atoms. The zero-order valence-electron chi connectivity index (χ0n) is 22.0. The zero-order chi connectivity index (χ0) is 29.4. The van der Waals surface area contributed by atoms with Crippen LogP contribution in [-0.4, -0.2) is 17.0 Å². The molecular formula is C30H28F5NO4. The molecular weight excluding hydrogens is 533 g/mol. The summed E-state index contributed by atoms with van der Waals surface area (Å²) in [5.74, 6) is -5.18. The van der Waals surface area contributed by atoms with Crippen LogP contribution in [0.4, 0.5) is 27.6 Å². The Morgan fingerprint density at radius 3 is 2.33 bits per heavy atom. The maximum absolute atomic E-state index is 14.6. The number of alkyl halides is 3. The lowest BCUT2D eigenvalue weighted by Crippen LogP contribution is -2.21. The molecule has 1 aliphatic carbocycles. The summed E-state index contributed by atoms with van der Waals surface area (Å²) in [5.41, 5.74) is -0.876. The highest BCUT2D eigenvalue weighted by Gasteiger charge is 2.40. The van der Waals surface area contributed by atoms with E-state index < -0.39 is 52.6 Å². The molecule has 0 spiro atoms. The van der Waals surface area contributed by atoms with Crippen LogP contribution in [0.3, 0.4) is 0 Å². The lowest BCUT2D eigenvalue weighted by molar-refractivity contribution is -0.142. The van der Waals surface area contributed by atoms with Crippen molar-refractivity contribution in [1.29, 1.82) is 0 Å². The van der Waals surface area contributed by atoms with Gasteiger partial charge in [0, 0.05) is 5.69 Å². The van der Waals surface area contributed by atoms with E-state index in [1.165, 1.54) is 30.3 Å². The van der Waals surface area contributed by atoms with Crippen LogP contribution >= 0.6 is 0 Å². The van der Waals surface area contributed by atoms with Crippen LogP contribution in [0.25, 0.3) is 0 Å². The quantitative estimate of drug-likeness (QED) is 0.257. The maximum Gasteiger partial charge on any atom is 0.416 e. The highest BCUT2D eigenvalue weighted by Crippen LogP contribution is 2.48. The van der Waals surface area contributed by atoms with E-state index in [0.29, 0.717) is 18.4 Å². The van der Waals surface area contributed by atoms with Crippen molar-refractivity contribution in [3.05, 3.63) is 88.0 Å². The number of carbonyl (C=O) groups is 2. The number of aliphatic carboxylic acids is 1. The maximum atomic E-state index is 14.6. The van der Waals surface area contributed by atoms with Gasteiger partial charge in [0.1, 0.15) is 23.1 Å². The number of hydrogen-bond acceptors (Lipinski definition) is 3. The zero-order valence-corrected chi connectivity index (χ0v) is 22.0. The average Bonchev–Trinajstić information content (AvgIpc) is 3.71. The van der Waals surface area contributed by atoms with Gasteiger partial charge in [0.05, 0.1) is 17.0 Å². The van der Waals surface area contributed by atoms with Gasteiger partial charge in [-0.2, -0.15) is 13.2 Å². The highest BCUT2D eigenvalue weighted by molar-refractivity contribution is 6.06. The topological polar surface area (TPSA) is 75.6 Å². The molecule has 2 unspecified atom stereocenters. The van der Waals surface area contributed by atoms with E-state index in [9.17, 15) is 36.6 Å². The van der Waals surface area contributed by atoms with Crippen molar-refractivity contribution >= 4 is 17.6 Å². The number of halogens is 5. The Kier molecular flexibility index (Phi) is 8.18. The molecule has 2 atom stereocenters. The molecule has 10 heteroatoms. The molecule has 3 aromatic carbocycles. The lowest BCUT2D eigenvalue weighted by Gasteiger charge is -2.21. The molecule has 0 saturated heterocycles. The first-order valence-corrected chi connectivity index (χ1v) is 12.8. The van der Waals surface area contributed by atoms with Gasteiger partial charge in [-0.3, -0.25) is 9.59 Å². The normalized spacial score (nSPS) is 14.9. The number of anilines is 1. The van der Waals surface area contributed by atoms with Crippen molar-refractivity contribution in [1.82, 2.24) is 0 Å². The number of ether oxygens (including phenoxy) is 1. The molecule has 0 aliphatic heterocycles. The van der Waals surface area contributed by atoms with E-state index in [1.54, 1.807) is 20.8 Å². The predicted octanol–water partition coefficient (Wildman–Crippen LogP) is 8.43. The second kappa shape index (κ2) is 11.3. The van der Waals surface area contributed by atoms with E-state index in [2.05, 4.69) is 5.32 Å². The molecule has 1 fully saturated rings. The summed E-state index contributed by atoms with van der Waals surface area (Å²) >= 11 is 0. The van der Waals surface area contributed by atoms with Crippen LogP contribution < -0.4 is 10.1 Å². The van der Waals surface area contributed by atoms with Crippen molar-refractivity contribution in [3.8, 4) is 11.5 Å².